The third-order valence-electron chi connectivity index (χ3n) is 3.20. The molecule has 2 N–H and O–H groups in total. The number of rotatable bonds is 20. The van der Waals surface area contributed by atoms with E-state index in [1.165, 1.54) is 12.8 Å². The minimum Gasteiger partial charge on any atom is -0.394 e. The zero-order valence-electron chi connectivity index (χ0n) is 18.2. The van der Waals surface area contributed by atoms with Gasteiger partial charge >= 0.3 is 0 Å². The van der Waals surface area contributed by atoms with Crippen LogP contribution in [0.5, 0.6) is 0 Å². The first kappa shape index (κ1) is 28.9. The molecule has 0 rings (SSSR count). The third-order valence-corrected chi connectivity index (χ3v) is 3.20. The average Bonchev–Trinajstić information content (AvgIpc) is 2.67. The molecule has 0 spiro atoms. The zero-order chi connectivity index (χ0) is 20.4. The van der Waals surface area contributed by atoms with Crippen LogP contribution in [0.1, 0.15) is 40.5 Å². The van der Waals surface area contributed by atoms with E-state index in [1.54, 1.807) is 0 Å². The number of hydrogen-bond donors (Lipinski definition) is 2. The monoisotopic (exact) mass is 395 g/mol. The summed E-state index contributed by atoms with van der Waals surface area (Å²) in [5.74, 6) is 0.670. The van der Waals surface area contributed by atoms with Gasteiger partial charge in [-0.15, -0.1) is 0 Å². The number of aliphatic hydroxyl groups is 1. The molecule has 7 nitrogen and oxygen atoms in total. The first-order valence-corrected chi connectivity index (χ1v) is 10.4. The Morgan fingerprint density at radius 2 is 1.00 bits per heavy atom. The predicted octanol–water partition coefficient (Wildman–Crippen LogP) is 2.11. The minimum atomic E-state index is 0.0448. The van der Waals surface area contributed by atoms with Crippen LogP contribution in [0.25, 0.3) is 0 Å². The van der Waals surface area contributed by atoms with Crippen LogP contribution in [0, 0.1) is 5.92 Å². The lowest BCUT2D eigenvalue weighted by molar-refractivity contribution is -0.0130. The van der Waals surface area contributed by atoms with E-state index in [-0.39, 0.29) is 6.61 Å². The van der Waals surface area contributed by atoms with E-state index in [0.29, 0.717) is 72.0 Å². The number of aliphatic hydroxyl groups excluding tert-OH is 1. The van der Waals surface area contributed by atoms with Gasteiger partial charge < -0.3 is 34.1 Å². The summed E-state index contributed by atoms with van der Waals surface area (Å²) in [7, 11) is 0. The molecular weight excluding hydrogens is 350 g/mol. The Bertz CT molecular complexity index is 243. The van der Waals surface area contributed by atoms with Crippen molar-refractivity contribution in [2.24, 2.45) is 5.92 Å². The Kier molecular flexibility index (Phi) is 29.9. The molecule has 166 valence electrons. The quantitative estimate of drug-likeness (QED) is 0.306. The van der Waals surface area contributed by atoms with Gasteiger partial charge in [0.25, 0.3) is 0 Å². The highest BCUT2D eigenvalue weighted by Gasteiger charge is 1.94. The second kappa shape index (κ2) is 27.9. The zero-order valence-corrected chi connectivity index (χ0v) is 18.2. The lowest BCUT2D eigenvalue weighted by atomic mass is 10.2. The molecular formula is C20H45NO6. The van der Waals surface area contributed by atoms with Crippen LogP contribution in [-0.4, -0.2) is 90.9 Å². The molecule has 0 radical (unpaired) electrons. The summed E-state index contributed by atoms with van der Waals surface area (Å²) < 4.78 is 26.5. The molecule has 0 aliphatic carbocycles. The second-order valence-electron chi connectivity index (χ2n) is 6.38. The number of unbranched alkanes of at least 4 members (excludes halogenated alkanes) is 1. The average molecular weight is 396 g/mol. The van der Waals surface area contributed by atoms with Crippen molar-refractivity contribution < 1.29 is 28.8 Å². The number of nitrogens with one attached hydrogen (secondary N) is 1. The van der Waals surface area contributed by atoms with E-state index >= 15 is 0 Å². The summed E-state index contributed by atoms with van der Waals surface area (Å²) in [5, 5.41) is 11.8. The van der Waals surface area contributed by atoms with Gasteiger partial charge in [-0.25, -0.2) is 0 Å². The van der Waals surface area contributed by atoms with Gasteiger partial charge in [0.1, 0.15) is 0 Å². The molecule has 27 heavy (non-hydrogen) atoms. The van der Waals surface area contributed by atoms with Gasteiger partial charge in [0.2, 0.25) is 0 Å². The SMILES string of the molecule is CC(C)CNCCOCCOCCOCCOCCOCCO.CCCC. The maximum absolute atomic E-state index is 8.50. The van der Waals surface area contributed by atoms with Crippen molar-refractivity contribution in [1.29, 1.82) is 0 Å². The topological polar surface area (TPSA) is 78.4 Å². The van der Waals surface area contributed by atoms with Crippen LogP contribution < -0.4 is 5.32 Å². The molecule has 0 amide bonds. The molecule has 0 heterocycles. The lowest BCUT2D eigenvalue weighted by Gasteiger charge is -2.09. The lowest BCUT2D eigenvalue weighted by Crippen LogP contribution is -2.24. The van der Waals surface area contributed by atoms with Crippen molar-refractivity contribution in [2.45, 2.75) is 40.5 Å². The van der Waals surface area contributed by atoms with Crippen molar-refractivity contribution in [3.8, 4) is 0 Å². The van der Waals surface area contributed by atoms with Crippen molar-refractivity contribution in [3.63, 3.8) is 0 Å². The molecule has 0 unspecified atom stereocenters. The molecule has 0 aliphatic heterocycles. The maximum Gasteiger partial charge on any atom is 0.0701 e. The fraction of sp³-hybridized carbons (Fsp3) is 1.00. The summed E-state index contributed by atoms with van der Waals surface area (Å²) in [4.78, 5) is 0. The van der Waals surface area contributed by atoms with Gasteiger partial charge in [-0.2, -0.15) is 0 Å². The van der Waals surface area contributed by atoms with Crippen LogP contribution in [0.2, 0.25) is 0 Å². The Balaban J connectivity index is 0. The fourth-order valence-electron chi connectivity index (χ4n) is 1.58. The van der Waals surface area contributed by atoms with Gasteiger partial charge in [-0.3, -0.25) is 0 Å². The highest BCUT2D eigenvalue weighted by molar-refractivity contribution is 4.49. The molecule has 0 atom stereocenters. The normalized spacial score (nSPS) is 10.9. The minimum absolute atomic E-state index is 0.0448. The molecule has 7 heteroatoms. The van der Waals surface area contributed by atoms with E-state index in [4.69, 9.17) is 28.8 Å². The molecule has 0 aromatic carbocycles. The second-order valence-corrected chi connectivity index (χ2v) is 6.38. The van der Waals surface area contributed by atoms with E-state index < -0.39 is 0 Å². The summed E-state index contributed by atoms with van der Waals surface area (Å²) in [6.07, 6.45) is 2.64. The van der Waals surface area contributed by atoms with E-state index in [2.05, 4.69) is 33.0 Å². The highest BCUT2D eigenvalue weighted by atomic mass is 16.6. The van der Waals surface area contributed by atoms with E-state index in [0.717, 1.165) is 13.1 Å². The Morgan fingerprint density at radius 1 is 0.630 bits per heavy atom. The van der Waals surface area contributed by atoms with Crippen LogP contribution in [0.15, 0.2) is 0 Å². The first-order chi connectivity index (χ1) is 13.2. The maximum atomic E-state index is 8.50. The van der Waals surface area contributed by atoms with Crippen molar-refractivity contribution >= 4 is 0 Å². The standard InChI is InChI=1S/C16H35NO6.C4H10/c1-16(2)15-17-3-5-19-7-9-21-11-13-23-14-12-22-10-8-20-6-4-18;1-3-4-2/h16-18H,3-15H2,1-2H3;3-4H2,1-2H3. The van der Waals surface area contributed by atoms with Crippen molar-refractivity contribution in [1.82, 2.24) is 5.32 Å². The van der Waals surface area contributed by atoms with Crippen LogP contribution in [0.3, 0.4) is 0 Å². The first-order valence-electron chi connectivity index (χ1n) is 10.4. The van der Waals surface area contributed by atoms with Gasteiger partial charge in [0.15, 0.2) is 0 Å². The van der Waals surface area contributed by atoms with Crippen LogP contribution in [-0.2, 0) is 23.7 Å². The van der Waals surface area contributed by atoms with Gasteiger partial charge in [0, 0.05) is 6.54 Å². The predicted molar refractivity (Wildman–Crippen MR) is 109 cm³/mol. The molecule has 0 bridgehead atoms. The van der Waals surface area contributed by atoms with Crippen molar-refractivity contribution in [2.75, 3.05) is 85.8 Å². The van der Waals surface area contributed by atoms with Gasteiger partial charge in [0.05, 0.1) is 72.7 Å². The summed E-state index contributed by atoms with van der Waals surface area (Å²) in [6, 6.07) is 0. The molecule has 0 fully saturated rings. The van der Waals surface area contributed by atoms with Crippen molar-refractivity contribution in [3.05, 3.63) is 0 Å². The fourth-order valence-corrected chi connectivity index (χ4v) is 1.58. The van der Waals surface area contributed by atoms with Gasteiger partial charge in [-0.05, 0) is 12.5 Å². The van der Waals surface area contributed by atoms with E-state index in [9.17, 15) is 0 Å². The molecule has 0 saturated carbocycles. The summed E-state index contributed by atoms with van der Waals surface area (Å²) >= 11 is 0. The largest absolute Gasteiger partial charge is 0.394 e. The number of ether oxygens (including phenoxy) is 5. The van der Waals surface area contributed by atoms with Crippen LogP contribution >= 0.6 is 0 Å². The highest BCUT2D eigenvalue weighted by Crippen LogP contribution is 1.86. The van der Waals surface area contributed by atoms with Gasteiger partial charge in [-0.1, -0.05) is 40.5 Å². The summed E-state index contributed by atoms with van der Waals surface area (Å²) in [5.41, 5.74) is 0. The Labute approximate surface area is 167 Å². The number of hydrogen-bond acceptors (Lipinski definition) is 7. The molecule has 0 aromatic heterocycles. The van der Waals surface area contributed by atoms with E-state index in [1.807, 2.05) is 0 Å². The Morgan fingerprint density at radius 3 is 1.33 bits per heavy atom. The molecule has 0 saturated heterocycles. The molecule has 0 aromatic rings. The summed E-state index contributed by atoms with van der Waals surface area (Å²) in [6.45, 7) is 16.2. The molecule has 0 aliphatic rings. The third kappa shape index (κ3) is 33.7. The van der Waals surface area contributed by atoms with Crippen LogP contribution in [0.4, 0.5) is 0 Å². The smallest absolute Gasteiger partial charge is 0.0701 e. The Hall–Kier alpha value is -0.280.